The molecule has 0 bridgehead atoms. The van der Waals surface area contributed by atoms with Crippen molar-refractivity contribution in [3.05, 3.63) is 58.8 Å². The van der Waals surface area contributed by atoms with Gasteiger partial charge in [0.05, 0.1) is 18.3 Å². The van der Waals surface area contributed by atoms with Crippen molar-refractivity contribution in [3.63, 3.8) is 0 Å². The Balaban J connectivity index is 1.94. The van der Waals surface area contributed by atoms with E-state index in [1.807, 2.05) is 44.2 Å². The molecule has 0 fully saturated rings. The summed E-state index contributed by atoms with van der Waals surface area (Å²) < 4.78 is 3.26. The van der Waals surface area contributed by atoms with Gasteiger partial charge in [0, 0.05) is 12.2 Å². The number of aromatic nitrogens is 5. The summed E-state index contributed by atoms with van der Waals surface area (Å²) >= 11 is 0. The molecule has 7 nitrogen and oxygen atoms in total. The molecule has 2 N–H and O–H groups in total. The highest BCUT2D eigenvalue weighted by Gasteiger charge is 2.13. The van der Waals surface area contributed by atoms with Crippen LogP contribution in [-0.4, -0.2) is 24.5 Å². The van der Waals surface area contributed by atoms with Gasteiger partial charge in [0.2, 0.25) is 0 Å². The van der Waals surface area contributed by atoms with Crippen LogP contribution in [0.4, 0.5) is 5.82 Å². The molecule has 1 aromatic carbocycles. The molecule has 0 aliphatic rings. The topological polar surface area (TPSA) is 91.6 Å². The maximum atomic E-state index is 11.8. The summed E-state index contributed by atoms with van der Waals surface area (Å²) in [7, 11) is 0. The summed E-state index contributed by atoms with van der Waals surface area (Å²) in [6.45, 7) is 4.44. The van der Waals surface area contributed by atoms with Crippen LogP contribution in [0.3, 0.4) is 0 Å². The second kappa shape index (κ2) is 6.04. The van der Waals surface area contributed by atoms with Crippen LogP contribution >= 0.6 is 0 Å². The van der Waals surface area contributed by atoms with Crippen LogP contribution in [0.25, 0.3) is 11.3 Å². The van der Waals surface area contributed by atoms with Crippen LogP contribution in [0.2, 0.25) is 0 Å². The average molecular weight is 310 g/mol. The molecule has 2 heterocycles. The van der Waals surface area contributed by atoms with Gasteiger partial charge in [-0.05, 0) is 19.4 Å². The Morgan fingerprint density at radius 2 is 1.91 bits per heavy atom. The van der Waals surface area contributed by atoms with E-state index >= 15 is 0 Å². The van der Waals surface area contributed by atoms with Crippen LogP contribution < -0.4 is 11.4 Å². The quantitative estimate of drug-likeness (QED) is 0.792. The summed E-state index contributed by atoms with van der Waals surface area (Å²) in [5, 5.41) is 8.27. The second-order valence-corrected chi connectivity index (χ2v) is 5.61. The lowest BCUT2D eigenvalue weighted by molar-refractivity contribution is 0.565. The van der Waals surface area contributed by atoms with Crippen molar-refractivity contribution in [2.75, 3.05) is 5.73 Å². The van der Waals surface area contributed by atoms with Crippen molar-refractivity contribution in [3.8, 4) is 11.3 Å². The van der Waals surface area contributed by atoms with E-state index in [1.54, 1.807) is 17.1 Å². The molecular formula is C16H18N6O. The molecule has 0 amide bonds. The van der Waals surface area contributed by atoms with Gasteiger partial charge in [-0.2, -0.15) is 4.98 Å². The number of benzene rings is 1. The summed E-state index contributed by atoms with van der Waals surface area (Å²) in [5.74, 6) is 0.165. The van der Waals surface area contributed by atoms with Crippen LogP contribution in [-0.2, 0) is 6.54 Å². The molecule has 3 aromatic rings. The van der Waals surface area contributed by atoms with Crippen molar-refractivity contribution >= 4 is 5.82 Å². The zero-order valence-electron chi connectivity index (χ0n) is 13.0. The van der Waals surface area contributed by atoms with Gasteiger partial charge in [-0.1, -0.05) is 35.5 Å². The minimum atomic E-state index is -0.363. The third-order valence-electron chi connectivity index (χ3n) is 3.54. The van der Waals surface area contributed by atoms with Gasteiger partial charge >= 0.3 is 5.69 Å². The third-order valence-corrected chi connectivity index (χ3v) is 3.54. The highest BCUT2D eigenvalue weighted by atomic mass is 16.1. The second-order valence-electron chi connectivity index (χ2n) is 5.61. The summed E-state index contributed by atoms with van der Waals surface area (Å²) in [4.78, 5) is 15.7. The molecule has 3 rings (SSSR count). The van der Waals surface area contributed by atoms with Gasteiger partial charge in [-0.15, -0.1) is 5.10 Å². The molecule has 0 aliphatic carbocycles. The first kappa shape index (κ1) is 15.0. The molecule has 0 aliphatic heterocycles. The number of hydrogen-bond acceptors (Lipinski definition) is 5. The highest BCUT2D eigenvalue weighted by Crippen LogP contribution is 2.21. The van der Waals surface area contributed by atoms with Gasteiger partial charge in [0.1, 0.15) is 11.5 Å². The highest BCUT2D eigenvalue weighted by molar-refractivity contribution is 5.68. The Kier molecular flexibility index (Phi) is 3.92. The SMILES string of the molecule is CC(C)n1cc(-c2cn(Cc3ccccc3)nn2)c(N)nc1=O. The zero-order chi connectivity index (χ0) is 16.4. The van der Waals surface area contributed by atoms with Crippen molar-refractivity contribution in [2.45, 2.75) is 26.4 Å². The van der Waals surface area contributed by atoms with Crippen molar-refractivity contribution < 1.29 is 0 Å². The maximum absolute atomic E-state index is 11.8. The van der Waals surface area contributed by atoms with Crippen molar-refractivity contribution in [1.82, 2.24) is 24.5 Å². The van der Waals surface area contributed by atoms with Gasteiger partial charge in [0.15, 0.2) is 0 Å². The van der Waals surface area contributed by atoms with E-state index in [4.69, 9.17) is 5.73 Å². The molecule has 0 unspecified atom stereocenters. The lowest BCUT2D eigenvalue weighted by Gasteiger charge is -2.11. The average Bonchev–Trinajstić information content (AvgIpc) is 2.96. The summed E-state index contributed by atoms with van der Waals surface area (Å²) in [6.07, 6.45) is 3.49. The minimum Gasteiger partial charge on any atom is -0.383 e. The van der Waals surface area contributed by atoms with E-state index in [0.29, 0.717) is 17.8 Å². The van der Waals surface area contributed by atoms with Crippen LogP contribution in [0.15, 0.2) is 47.5 Å². The predicted octanol–water partition coefficient (Wildman–Crippen LogP) is 1.71. The number of nitrogen functional groups attached to an aromatic ring is 1. The van der Waals surface area contributed by atoms with E-state index in [1.165, 1.54) is 4.57 Å². The van der Waals surface area contributed by atoms with E-state index in [9.17, 15) is 4.79 Å². The first-order chi connectivity index (χ1) is 11.0. The van der Waals surface area contributed by atoms with Crippen LogP contribution in [0.1, 0.15) is 25.5 Å². The molecule has 0 atom stereocenters. The fourth-order valence-corrected chi connectivity index (χ4v) is 2.32. The molecule has 7 heteroatoms. The number of hydrogen-bond donors (Lipinski definition) is 1. The summed E-state index contributed by atoms with van der Waals surface area (Å²) in [6, 6.07) is 9.97. The number of rotatable bonds is 4. The molecule has 23 heavy (non-hydrogen) atoms. The molecular weight excluding hydrogens is 292 g/mol. The predicted molar refractivity (Wildman–Crippen MR) is 87.9 cm³/mol. The third kappa shape index (κ3) is 3.13. The van der Waals surface area contributed by atoms with Gasteiger partial charge < -0.3 is 5.73 Å². The number of anilines is 1. The first-order valence-electron chi connectivity index (χ1n) is 7.37. The van der Waals surface area contributed by atoms with Gasteiger partial charge in [-0.25, -0.2) is 9.48 Å². The minimum absolute atomic E-state index is 0.00582. The smallest absolute Gasteiger partial charge is 0.349 e. The van der Waals surface area contributed by atoms with E-state index in [-0.39, 0.29) is 17.5 Å². The molecule has 0 radical (unpaired) electrons. The zero-order valence-corrected chi connectivity index (χ0v) is 13.0. The van der Waals surface area contributed by atoms with Crippen LogP contribution in [0, 0.1) is 0 Å². The largest absolute Gasteiger partial charge is 0.383 e. The van der Waals surface area contributed by atoms with Crippen molar-refractivity contribution in [2.24, 2.45) is 0 Å². The van der Waals surface area contributed by atoms with Crippen LogP contribution in [0.5, 0.6) is 0 Å². The molecule has 0 saturated heterocycles. The molecule has 0 spiro atoms. The molecule has 118 valence electrons. The fourth-order valence-electron chi connectivity index (χ4n) is 2.32. The first-order valence-corrected chi connectivity index (χ1v) is 7.37. The lowest BCUT2D eigenvalue weighted by Crippen LogP contribution is -2.25. The Morgan fingerprint density at radius 1 is 1.17 bits per heavy atom. The van der Waals surface area contributed by atoms with Crippen molar-refractivity contribution in [1.29, 1.82) is 0 Å². The number of nitrogens with zero attached hydrogens (tertiary/aromatic N) is 5. The Morgan fingerprint density at radius 3 is 2.61 bits per heavy atom. The van der Waals surface area contributed by atoms with E-state index in [0.717, 1.165) is 5.56 Å². The fraction of sp³-hybridized carbons (Fsp3) is 0.250. The number of nitrogens with two attached hydrogens (primary N) is 1. The Labute approximate surface area is 133 Å². The monoisotopic (exact) mass is 310 g/mol. The lowest BCUT2D eigenvalue weighted by atomic mass is 10.2. The van der Waals surface area contributed by atoms with Gasteiger partial charge in [0.25, 0.3) is 0 Å². The molecule has 0 saturated carbocycles. The van der Waals surface area contributed by atoms with E-state index < -0.39 is 0 Å². The molecule has 2 aromatic heterocycles. The summed E-state index contributed by atoms with van der Waals surface area (Å²) in [5.41, 5.74) is 7.85. The van der Waals surface area contributed by atoms with Gasteiger partial charge in [-0.3, -0.25) is 4.57 Å². The normalized spacial score (nSPS) is 11.1. The Bertz CT molecular complexity index is 866. The maximum Gasteiger partial charge on any atom is 0.349 e. The van der Waals surface area contributed by atoms with E-state index in [2.05, 4.69) is 15.3 Å². The standard InChI is InChI=1S/C16H18N6O/c1-11(2)22-9-13(15(17)18-16(22)23)14-10-21(20-19-14)8-12-6-4-3-5-7-12/h3-7,9-11H,8H2,1-2H3,(H2,17,18,23). The Hall–Kier alpha value is -2.96.